The average Bonchev–Trinajstić information content (AvgIpc) is 2.71. The van der Waals surface area contributed by atoms with E-state index in [2.05, 4.69) is 24.1 Å². The molecule has 0 heterocycles. The molecule has 0 fully saturated rings. The number of amides is 2. The van der Waals surface area contributed by atoms with Crippen LogP contribution in [0.3, 0.4) is 0 Å². The van der Waals surface area contributed by atoms with Gasteiger partial charge < -0.3 is 20.1 Å². The summed E-state index contributed by atoms with van der Waals surface area (Å²) in [6, 6.07) is -1.46. The molecule has 2 unspecified atom stereocenters. The van der Waals surface area contributed by atoms with Gasteiger partial charge in [0.2, 0.25) is 5.91 Å². The molecule has 0 rings (SSSR count). The third kappa shape index (κ3) is 13.7. The zero-order valence-electron chi connectivity index (χ0n) is 18.5. The fourth-order valence-electron chi connectivity index (χ4n) is 2.73. The Hall–Kier alpha value is -2.05. The Bertz CT molecular complexity index is 482. The van der Waals surface area contributed by atoms with Crippen molar-refractivity contribution in [2.24, 2.45) is 0 Å². The Morgan fingerprint density at radius 3 is 2.03 bits per heavy atom. The lowest BCUT2D eigenvalue weighted by Gasteiger charge is -2.22. The van der Waals surface area contributed by atoms with Crippen LogP contribution < -0.4 is 10.6 Å². The first kappa shape index (κ1) is 27.0. The first-order valence-electron chi connectivity index (χ1n) is 11.0. The van der Waals surface area contributed by atoms with Gasteiger partial charge in [0.15, 0.2) is 0 Å². The molecule has 0 radical (unpaired) electrons. The smallest absolute Gasteiger partial charge is 0.408 e. The molecule has 7 heteroatoms. The molecule has 2 N–H and O–H groups in total. The van der Waals surface area contributed by atoms with Gasteiger partial charge in [-0.05, 0) is 19.3 Å². The van der Waals surface area contributed by atoms with Gasteiger partial charge >= 0.3 is 12.1 Å². The minimum Gasteiger partial charge on any atom is -0.464 e. The van der Waals surface area contributed by atoms with Crippen LogP contribution in [0.5, 0.6) is 0 Å². The molecular formula is C22H40N2O5. The van der Waals surface area contributed by atoms with Gasteiger partial charge in [-0.1, -0.05) is 78.4 Å². The highest BCUT2D eigenvalue weighted by Crippen LogP contribution is 2.08. The summed E-state index contributed by atoms with van der Waals surface area (Å²) in [6.45, 7) is 10.1. The number of nitrogens with one attached hydrogen (secondary N) is 2. The topological polar surface area (TPSA) is 93.7 Å². The van der Waals surface area contributed by atoms with Crippen LogP contribution in [0, 0.1) is 0 Å². The summed E-state index contributed by atoms with van der Waals surface area (Å²) in [4.78, 5) is 37.0. The van der Waals surface area contributed by atoms with E-state index < -0.39 is 30.1 Å². The molecule has 0 aromatic rings. The molecule has 29 heavy (non-hydrogen) atoms. The summed E-state index contributed by atoms with van der Waals surface area (Å²) in [6.07, 6.45) is 9.18. The minimum atomic E-state index is -0.756. The van der Waals surface area contributed by atoms with Crippen molar-refractivity contribution < 1.29 is 23.9 Å². The number of hydrogen-bond donors (Lipinski definition) is 2. The maximum atomic E-state index is 12.7. The Morgan fingerprint density at radius 2 is 1.45 bits per heavy atom. The number of carbonyl (C=O) groups is 3. The van der Waals surface area contributed by atoms with E-state index in [1.165, 1.54) is 6.08 Å². The molecule has 0 bridgehead atoms. The predicted octanol–water partition coefficient (Wildman–Crippen LogP) is 4.26. The first-order valence-corrected chi connectivity index (χ1v) is 11.0. The minimum absolute atomic E-state index is 0.0669. The van der Waals surface area contributed by atoms with Crippen LogP contribution in [0.1, 0.15) is 85.0 Å². The molecular weight excluding hydrogens is 372 g/mol. The second kappa shape index (κ2) is 18.0. The van der Waals surface area contributed by atoms with Crippen molar-refractivity contribution in [3.8, 4) is 0 Å². The molecule has 2 atom stereocenters. The van der Waals surface area contributed by atoms with Crippen molar-refractivity contribution in [3.63, 3.8) is 0 Å². The van der Waals surface area contributed by atoms with E-state index in [1.54, 1.807) is 0 Å². The molecule has 0 aliphatic carbocycles. The molecule has 0 spiro atoms. The quantitative estimate of drug-likeness (QED) is 0.212. The van der Waals surface area contributed by atoms with Crippen LogP contribution in [0.4, 0.5) is 4.79 Å². The average molecular weight is 413 g/mol. The van der Waals surface area contributed by atoms with Gasteiger partial charge in [0.25, 0.3) is 0 Å². The fraction of sp³-hybridized carbons (Fsp3) is 0.773. The van der Waals surface area contributed by atoms with Crippen molar-refractivity contribution in [3.05, 3.63) is 12.7 Å². The number of ether oxygens (including phenoxy) is 2. The van der Waals surface area contributed by atoms with Crippen LogP contribution in [-0.2, 0) is 19.1 Å². The van der Waals surface area contributed by atoms with E-state index in [1.807, 2.05) is 13.8 Å². The number of unbranched alkanes of at least 4 members (excludes halogenated alkanes) is 5. The monoisotopic (exact) mass is 412 g/mol. The number of alkyl carbamates (subject to hydrolysis) is 1. The molecule has 168 valence electrons. The number of hydrogen-bond acceptors (Lipinski definition) is 5. The lowest BCUT2D eigenvalue weighted by atomic mass is 10.1. The van der Waals surface area contributed by atoms with Gasteiger partial charge in [-0.15, -0.1) is 0 Å². The lowest BCUT2D eigenvalue weighted by Crippen LogP contribution is -2.52. The molecule has 0 aliphatic heterocycles. The normalized spacial score (nSPS) is 12.5. The summed E-state index contributed by atoms with van der Waals surface area (Å²) in [5.41, 5.74) is 0. The Morgan fingerprint density at radius 1 is 0.828 bits per heavy atom. The zero-order valence-corrected chi connectivity index (χ0v) is 18.5. The van der Waals surface area contributed by atoms with Crippen LogP contribution in [0.25, 0.3) is 0 Å². The highest BCUT2D eigenvalue weighted by Gasteiger charge is 2.27. The Kier molecular flexibility index (Phi) is 16.7. The van der Waals surface area contributed by atoms with Crippen LogP contribution in [0.2, 0.25) is 0 Å². The maximum absolute atomic E-state index is 12.7. The maximum Gasteiger partial charge on any atom is 0.408 e. The largest absolute Gasteiger partial charge is 0.464 e. The molecule has 0 aromatic heterocycles. The first-order chi connectivity index (χ1) is 14.0. The standard InChI is InChI=1S/C22H40N2O5/c1-5-9-12-13-17-28-21(26)19(15-11-7-3)23-20(25)18(14-10-6-2)24-22(27)29-16-8-4/h8,18-19H,4-7,9-17H2,1-3H3,(H,23,25)(H,24,27). The van der Waals surface area contributed by atoms with Gasteiger partial charge in [0.05, 0.1) is 6.61 Å². The van der Waals surface area contributed by atoms with Crippen LogP contribution >= 0.6 is 0 Å². The number of carbonyl (C=O) groups excluding carboxylic acids is 3. The van der Waals surface area contributed by atoms with Gasteiger partial charge in [0.1, 0.15) is 18.7 Å². The van der Waals surface area contributed by atoms with Crippen molar-refractivity contribution in [1.82, 2.24) is 10.6 Å². The van der Waals surface area contributed by atoms with E-state index in [4.69, 9.17) is 9.47 Å². The SMILES string of the molecule is C=CCOC(=O)NC(CCCC)C(=O)NC(CCCC)C(=O)OCCCCCC. The summed E-state index contributed by atoms with van der Waals surface area (Å²) < 4.78 is 10.3. The second-order valence-corrected chi connectivity index (χ2v) is 7.16. The van der Waals surface area contributed by atoms with E-state index >= 15 is 0 Å². The molecule has 0 saturated carbocycles. The Balaban J connectivity index is 4.84. The number of rotatable bonds is 17. The van der Waals surface area contributed by atoms with Gasteiger partial charge in [-0.25, -0.2) is 9.59 Å². The molecule has 7 nitrogen and oxygen atoms in total. The molecule has 0 aliphatic rings. The van der Waals surface area contributed by atoms with Crippen molar-refractivity contribution in [1.29, 1.82) is 0 Å². The van der Waals surface area contributed by atoms with E-state index in [9.17, 15) is 14.4 Å². The molecule has 2 amide bonds. The summed E-state index contributed by atoms with van der Waals surface area (Å²) in [5.74, 6) is -0.801. The van der Waals surface area contributed by atoms with Crippen molar-refractivity contribution in [2.45, 2.75) is 97.1 Å². The Labute approximate surface area is 176 Å². The van der Waals surface area contributed by atoms with Crippen molar-refractivity contribution >= 4 is 18.0 Å². The van der Waals surface area contributed by atoms with Crippen LogP contribution in [-0.4, -0.2) is 43.3 Å². The van der Waals surface area contributed by atoms with Gasteiger partial charge in [-0.3, -0.25) is 4.79 Å². The van der Waals surface area contributed by atoms with Gasteiger partial charge in [0, 0.05) is 0 Å². The third-order valence-electron chi connectivity index (χ3n) is 4.48. The van der Waals surface area contributed by atoms with Crippen molar-refractivity contribution in [2.75, 3.05) is 13.2 Å². The second-order valence-electron chi connectivity index (χ2n) is 7.16. The molecule has 0 aromatic carbocycles. The van der Waals surface area contributed by atoms with E-state index in [0.29, 0.717) is 19.4 Å². The highest BCUT2D eigenvalue weighted by atomic mass is 16.5. The zero-order chi connectivity index (χ0) is 21.9. The molecule has 0 saturated heterocycles. The van der Waals surface area contributed by atoms with E-state index in [-0.39, 0.29) is 6.61 Å². The van der Waals surface area contributed by atoms with Gasteiger partial charge in [-0.2, -0.15) is 0 Å². The lowest BCUT2D eigenvalue weighted by molar-refractivity contribution is -0.148. The number of esters is 1. The van der Waals surface area contributed by atoms with Crippen LogP contribution in [0.15, 0.2) is 12.7 Å². The predicted molar refractivity (Wildman–Crippen MR) is 115 cm³/mol. The summed E-state index contributed by atoms with van der Waals surface area (Å²) in [7, 11) is 0. The summed E-state index contributed by atoms with van der Waals surface area (Å²) >= 11 is 0. The fourth-order valence-corrected chi connectivity index (χ4v) is 2.73. The van der Waals surface area contributed by atoms with E-state index in [0.717, 1.165) is 51.4 Å². The third-order valence-corrected chi connectivity index (χ3v) is 4.48. The summed E-state index contributed by atoms with van der Waals surface area (Å²) in [5, 5.41) is 5.35. The highest BCUT2D eigenvalue weighted by molar-refractivity contribution is 5.89.